The van der Waals surface area contributed by atoms with Crippen LogP contribution in [0.25, 0.3) is 6.08 Å². The standard InChI is InChI=1S/C29H29NO3/c1-18-15-23(21-8-9-21)10-13-27(18)30-19(2)16-24-17-25(31)11-12-26(24)29(30)22-6-3-20(4-7-22)5-14-28(32)33/h3-7,10-15,17,19,21,29,31H,8-9,16H2,1-2H3,(H,32,33)/b14-5+/t19-,29-/m1/s1. The molecule has 1 saturated carbocycles. The summed E-state index contributed by atoms with van der Waals surface area (Å²) in [5, 5.41) is 19.0. The van der Waals surface area contributed by atoms with E-state index in [-0.39, 0.29) is 12.1 Å². The van der Waals surface area contributed by atoms with Gasteiger partial charge in [-0.3, -0.25) is 0 Å². The maximum absolute atomic E-state index is 10.9. The quantitative estimate of drug-likeness (QED) is 0.464. The minimum absolute atomic E-state index is 0.00679. The third kappa shape index (κ3) is 4.25. The molecule has 0 radical (unpaired) electrons. The second kappa shape index (κ2) is 8.43. The van der Waals surface area contributed by atoms with Crippen molar-refractivity contribution in [3.05, 3.63) is 100 Å². The van der Waals surface area contributed by atoms with Crippen LogP contribution in [-0.2, 0) is 11.2 Å². The van der Waals surface area contributed by atoms with Gasteiger partial charge in [-0.15, -0.1) is 0 Å². The van der Waals surface area contributed by atoms with Gasteiger partial charge >= 0.3 is 5.97 Å². The lowest BCUT2D eigenvalue weighted by Gasteiger charge is -2.44. The first kappa shape index (κ1) is 21.3. The van der Waals surface area contributed by atoms with E-state index in [4.69, 9.17) is 5.11 Å². The molecule has 0 amide bonds. The molecule has 1 fully saturated rings. The Morgan fingerprint density at radius 1 is 1.00 bits per heavy atom. The number of carboxylic acid groups (broad SMARTS) is 1. The van der Waals surface area contributed by atoms with Gasteiger partial charge in [0.15, 0.2) is 0 Å². The van der Waals surface area contributed by atoms with Gasteiger partial charge in [0.1, 0.15) is 5.75 Å². The summed E-state index contributed by atoms with van der Waals surface area (Å²) in [6, 6.07) is 21.0. The second-order valence-corrected chi connectivity index (χ2v) is 9.40. The number of hydrogen-bond donors (Lipinski definition) is 2. The first-order chi connectivity index (χ1) is 15.9. The Bertz CT molecular complexity index is 1220. The summed E-state index contributed by atoms with van der Waals surface area (Å²) < 4.78 is 0. The van der Waals surface area contributed by atoms with Gasteiger partial charge in [0, 0.05) is 17.8 Å². The van der Waals surface area contributed by atoms with Crippen molar-refractivity contribution in [1.29, 1.82) is 0 Å². The van der Waals surface area contributed by atoms with Gasteiger partial charge < -0.3 is 15.1 Å². The molecule has 4 heteroatoms. The van der Waals surface area contributed by atoms with Crippen molar-refractivity contribution in [3.63, 3.8) is 0 Å². The van der Waals surface area contributed by atoms with Gasteiger partial charge in [-0.05, 0) is 96.7 Å². The lowest BCUT2D eigenvalue weighted by molar-refractivity contribution is -0.131. The first-order valence-electron chi connectivity index (χ1n) is 11.6. The molecule has 3 aromatic rings. The van der Waals surface area contributed by atoms with E-state index in [0.717, 1.165) is 29.5 Å². The van der Waals surface area contributed by atoms with E-state index >= 15 is 0 Å². The molecule has 168 valence electrons. The highest BCUT2D eigenvalue weighted by Gasteiger charge is 2.34. The molecule has 4 nitrogen and oxygen atoms in total. The van der Waals surface area contributed by atoms with E-state index in [9.17, 15) is 9.90 Å². The van der Waals surface area contributed by atoms with E-state index in [1.807, 2.05) is 24.3 Å². The number of rotatable bonds is 5. The maximum atomic E-state index is 10.9. The molecule has 0 unspecified atom stereocenters. The largest absolute Gasteiger partial charge is 0.508 e. The topological polar surface area (TPSA) is 60.8 Å². The molecule has 5 rings (SSSR count). The van der Waals surface area contributed by atoms with E-state index in [0.29, 0.717) is 5.75 Å². The number of phenolic OH excluding ortho intramolecular Hbond substituents is 1. The van der Waals surface area contributed by atoms with E-state index in [1.165, 1.54) is 40.8 Å². The van der Waals surface area contributed by atoms with Crippen molar-refractivity contribution in [2.75, 3.05) is 4.90 Å². The predicted octanol–water partition coefficient (Wildman–Crippen LogP) is 6.22. The zero-order chi connectivity index (χ0) is 23.1. The first-order valence-corrected chi connectivity index (χ1v) is 11.6. The second-order valence-electron chi connectivity index (χ2n) is 9.40. The van der Waals surface area contributed by atoms with Gasteiger partial charge in [0.25, 0.3) is 0 Å². The molecule has 2 atom stereocenters. The van der Waals surface area contributed by atoms with Crippen molar-refractivity contribution >= 4 is 17.7 Å². The lowest BCUT2D eigenvalue weighted by atomic mass is 9.84. The Labute approximate surface area is 194 Å². The number of carboxylic acids is 1. The minimum Gasteiger partial charge on any atom is -0.508 e. The van der Waals surface area contributed by atoms with Crippen LogP contribution in [0.3, 0.4) is 0 Å². The van der Waals surface area contributed by atoms with Crippen molar-refractivity contribution in [1.82, 2.24) is 0 Å². The smallest absolute Gasteiger partial charge is 0.328 e. The average Bonchev–Trinajstić information content (AvgIpc) is 3.63. The number of hydrogen-bond acceptors (Lipinski definition) is 3. The third-order valence-corrected chi connectivity index (χ3v) is 6.91. The monoisotopic (exact) mass is 439 g/mol. The van der Waals surface area contributed by atoms with Crippen LogP contribution in [-0.4, -0.2) is 22.2 Å². The Morgan fingerprint density at radius 2 is 1.73 bits per heavy atom. The molecular weight excluding hydrogens is 410 g/mol. The summed E-state index contributed by atoms with van der Waals surface area (Å²) in [5.74, 6) is 0.0694. The van der Waals surface area contributed by atoms with Crippen LogP contribution in [0.5, 0.6) is 5.75 Å². The molecule has 1 aliphatic heterocycles. The molecule has 0 bridgehead atoms. The number of anilines is 1. The van der Waals surface area contributed by atoms with Crippen molar-refractivity contribution in [2.24, 2.45) is 0 Å². The van der Waals surface area contributed by atoms with Gasteiger partial charge in [-0.2, -0.15) is 0 Å². The summed E-state index contributed by atoms with van der Waals surface area (Å²) >= 11 is 0. The van der Waals surface area contributed by atoms with Gasteiger partial charge in [0.2, 0.25) is 0 Å². The van der Waals surface area contributed by atoms with Crippen LogP contribution in [0.2, 0.25) is 0 Å². The van der Waals surface area contributed by atoms with Crippen LogP contribution in [0.15, 0.2) is 66.7 Å². The minimum atomic E-state index is -0.954. The van der Waals surface area contributed by atoms with Crippen LogP contribution >= 0.6 is 0 Å². The maximum Gasteiger partial charge on any atom is 0.328 e. The van der Waals surface area contributed by atoms with Gasteiger partial charge in [0.05, 0.1) is 6.04 Å². The normalized spacial score (nSPS) is 20.1. The Hall–Kier alpha value is -3.53. The fourth-order valence-electron chi connectivity index (χ4n) is 5.17. The van der Waals surface area contributed by atoms with Gasteiger partial charge in [-0.25, -0.2) is 4.79 Å². The number of phenols is 1. The summed E-state index contributed by atoms with van der Waals surface area (Å²) in [7, 11) is 0. The molecule has 0 saturated heterocycles. The van der Waals surface area contributed by atoms with Crippen LogP contribution in [0, 0.1) is 6.92 Å². The fourth-order valence-corrected chi connectivity index (χ4v) is 5.17. The third-order valence-electron chi connectivity index (χ3n) is 6.91. The molecule has 33 heavy (non-hydrogen) atoms. The highest BCUT2D eigenvalue weighted by molar-refractivity contribution is 5.85. The van der Waals surface area contributed by atoms with Crippen molar-refractivity contribution < 1.29 is 15.0 Å². The highest BCUT2D eigenvalue weighted by atomic mass is 16.4. The molecule has 1 heterocycles. The molecular formula is C29H29NO3. The fraction of sp³-hybridized carbons (Fsp3) is 0.276. The molecule has 2 aliphatic rings. The SMILES string of the molecule is Cc1cc(C2CC2)ccc1N1[C@H](c2ccc(/C=C/C(=O)O)cc2)c2ccc(O)cc2C[C@H]1C. The zero-order valence-corrected chi connectivity index (χ0v) is 19.0. The summed E-state index contributed by atoms with van der Waals surface area (Å²) in [6.45, 7) is 4.45. The van der Waals surface area contributed by atoms with E-state index < -0.39 is 5.97 Å². The number of carbonyl (C=O) groups is 1. The number of aliphatic carboxylic acids is 1. The molecule has 1 aliphatic carbocycles. The Kier molecular flexibility index (Phi) is 5.45. The number of benzene rings is 3. The van der Waals surface area contributed by atoms with Crippen molar-refractivity contribution in [3.8, 4) is 5.75 Å². The van der Waals surface area contributed by atoms with Crippen LogP contribution in [0.4, 0.5) is 5.69 Å². The summed E-state index contributed by atoms with van der Waals surface area (Å²) in [5.41, 5.74) is 8.35. The van der Waals surface area contributed by atoms with Crippen molar-refractivity contribution in [2.45, 2.75) is 51.1 Å². The highest BCUT2D eigenvalue weighted by Crippen LogP contribution is 2.45. The number of nitrogens with zero attached hydrogens (tertiary/aromatic N) is 1. The van der Waals surface area contributed by atoms with Gasteiger partial charge in [-0.1, -0.05) is 42.5 Å². The molecule has 0 aromatic heterocycles. The average molecular weight is 440 g/mol. The summed E-state index contributed by atoms with van der Waals surface area (Å²) in [4.78, 5) is 13.4. The van der Waals surface area contributed by atoms with Crippen LogP contribution < -0.4 is 4.90 Å². The molecule has 2 N–H and O–H groups in total. The Morgan fingerprint density at radius 3 is 2.39 bits per heavy atom. The zero-order valence-electron chi connectivity index (χ0n) is 19.0. The predicted molar refractivity (Wildman–Crippen MR) is 132 cm³/mol. The number of fused-ring (bicyclic) bond motifs is 1. The van der Waals surface area contributed by atoms with E-state index in [2.05, 4.69) is 49.1 Å². The Balaban J connectivity index is 1.60. The lowest BCUT2D eigenvalue weighted by Crippen LogP contribution is -2.43. The number of aromatic hydroxyl groups is 1. The summed E-state index contributed by atoms with van der Waals surface area (Å²) in [6.07, 6.45) is 6.22. The molecule has 3 aromatic carbocycles. The van der Waals surface area contributed by atoms with E-state index in [1.54, 1.807) is 12.1 Å². The van der Waals surface area contributed by atoms with Crippen LogP contribution in [0.1, 0.15) is 65.1 Å². The molecule has 0 spiro atoms. The number of aryl methyl sites for hydroxylation is 1.